The molecular weight excluding hydrogens is 278 g/mol. The van der Waals surface area contributed by atoms with Crippen LogP contribution in [-0.2, 0) is 11.2 Å². The summed E-state index contributed by atoms with van der Waals surface area (Å²) in [6.07, 6.45) is 0.839. The lowest BCUT2D eigenvalue weighted by Crippen LogP contribution is -2.30. The van der Waals surface area contributed by atoms with E-state index in [-0.39, 0.29) is 30.6 Å². The number of aliphatic hydroxyl groups is 1. The molecule has 0 aliphatic heterocycles. The van der Waals surface area contributed by atoms with Crippen molar-refractivity contribution >= 4 is 5.91 Å². The van der Waals surface area contributed by atoms with Crippen LogP contribution in [0.25, 0.3) is 0 Å². The van der Waals surface area contributed by atoms with E-state index in [1.54, 1.807) is 18.2 Å². The zero-order valence-electron chi connectivity index (χ0n) is 12.4. The molecule has 1 unspecified atom stereocenters. The monoisotopic (exact) mass is 299 g/mol. The van der Waals surface area contributed by atoms with Gasteiger partial charge in [-0.1, -0.05) is 42.5 Å². The van der Waals surface area contributed by atoms with Gasteiger partial charge in [0.25, 0.3) is 0 Å². The molecule has 0 radical (unpaired) electrons. The normalized spacial score (nSPS) is 11.9. The summed E-state index contributed by atoms with van der Waals surface area (Å²) in [4.78, 5) is 12.0. The predicted molar refractivity (Wildman–Crippen MR) is 85.7 cm³/mol. The molecule has 2 aromatic carbocycles. The minimum atomic E-state index is -0.0931. The van der Waals surface area contributed by atoms with Crippen LogP contribution in [0.2, 0.25) is 0 Å². The standard InChI is InChI=1S/C18H21NO3/c20-10-9-16(15-6-2-1-3-7-15)13-19-18(22)12-14-5-4-8-17(21)11-14/h1-8,11,16,20-21H,9-10,12-13H2,(H,19,22). The molecule has 0 saturated carbocycles. The Balaban J connectivity index is 1.90. The molecule has 4 heteroatoms. The van der Waals surface area contributed by atoms with Crippen LogP contribution in [-0.4, -0.2) is 29.3 Å². The van der Waals surface area contributed by atoms with Crippen molar-refractivity contribution in [1.82, 2.24) is 5.32 Å². The largest absolute Gasteiger partial charge is 0.508 e. The Morgan fingerprint density at radius 3 is 2.55 bits per heavy atom. The lowest BCUT2D eigenvalue weighted by atomic mass is 9.96. The number of nitrogens with one attached hydrogen (secondary N) is 1. The molecule has 0 aromatic heterocycles. The number of phenolic OH excluding ortho intramolecular Hbond substituents is 1. The van der Waals surface area contributed by atoms with E-state index in [2.05, 4.69) is 5.32 Å². The Morgan fingerprint density at radius 2 is 1.86 bits per heavy atom. The van der Waals surface area contributed by atoms with Crippen molar-refractivity contribution in [2.75, 3.05) is 13.2 Å². The second kappa shape index (κ2) is 8.20. The highest BCUT2D eigenvalue weighted by Crippen LogP contribution is 2.18. The van der Waals surface area contributed by atoms with Gasteiger partial charge >= 0.3 is 0 Å². The van der Waals surface area contributed by atoms with Gasteiger partial charge in [0.05, 0.1) is 6.42 Å². The molecule has 3 N–H and O–H groups in total. The van der Waals surface area contributed by atoms with Crippen LogP contribution in [0.5, 0.6) is 5.75 Å². The first-order chi connectivity index (χ1) is 10.7. The molecule has 0 saturated heterocycles. The fourth-order valence-electron chi connectivity index (χ4n) is 2.42. The van der Waals surface area contributed by atoms with Crippen LogP contribution < -0.4 is 5.32 Å². The Morgan fingerprint density at radius 1 is 1.09 bits per heavy atom. The maximum atomic E-state index is 12.0. The van der Waals surface area contributed by atoms with Gasteiger partial charge in [-0.15, -0.1) is 0 Å². The van der Waals surface area contributed by atoms with Crippen molar-refractivity contribution in [1.29, 1.82) is 0 Å². The molecule has 0 spiro atoms. The number of benzene rings is 2. The molecule has 2 rings (SSSR count). The number of hydrogen-bond acceptors (Lipinski definition) is 3. The molecular formula is C18H21NO3. The summed E-state index contributed by atoms with van der Waals surface area (Å²) >= 11 is 0. The average molecular weight is 299 g/mol. The van der Waals surface area contributed by atoms with Crippen molar-refractivity contribution in [3.63, 3.8) is 0 Å². The number of hydrogen-bond donors (Lipinski definition) is 3. The number of carbonyl (C=O) groups is 1. The quantitative estimate of drug-likeness (QED) is 0.734. The summed E-state index contributed by atoms with van der Waals surface area (Å²) < 4.78 is 0. The molecule has 116 valence electrons. The van der Waals surface area contributed by atoms with Crippen molar-refractivity contribution in [3.05, 3.63) is 65.7 Å². The third kappa shape index (κ3) is 4.90. The van der Waals surface area contributed by atoms with E-state index >= 15 is 0 Å². The van der Waals surface area contributed by atoms with E-state index in [0.717, 1.165) is 11.1 Å². The maximum Gasteiger partial charge on any atom is 0.224 e. The molecule has 2 aromatic rings. The van der Waals surface area contributed by atoms with E-state index < -0.39 is 0 Å². The Bertz CT molecular complexity index is 598. The van der Waals surface area contributed by atoms with Gasteiger partial charge in [0.2, 0.25) is 5.91 Å². The predicted octanol–water partition coefficient (Wildman–Crippen LogP) is 2.22. The van der Waals surface area contributed by atoms with Crippen molar-refractivity contribution < 1.29 is 15.0 Å². The lowest BCUT2D eigenvalue weighted by molar-refractivity contribution is -0.120. The maximum absolute atomic E-state index is 12.0. The number of amides is 1. The second-order valence-corrected chi connectivity index (χ2v) is 5.27. The summed E-state index contributed by atoms with van der Waals surface area (Å²) in [5, 5.41) is 21.5. The molecule has 1 amide bonds. The van der Waals surface area contributed by atoms with Gasteiger partial charge in [0.15, 0.2) is 0 Å². The van der Waals surface area contributed by atoms with Gasteiger partial charge in [0.1, 0.15) is 5.75 Å². The average Bonchev–Trinajstić information content (AvgIpc) is 2.52. The van der Waals surface area contributed by atoms with Gasteiger partial charge in [-0.05, 0) is 29.7 Å². The van der Waals surface area contributed by atoms with E-state index in [9.17, 15) is 15.0 Å². The zero-order valence-corrected chi connectivity index (χ0v) is 12.4. The van der Waals surface area contributed by atoms with Gasteiger partial charge < -0.3 is 15.5 Å². The van der Waals surface area contributed by atoms with Gasteiger partial charge in [0, 0.05) is 19.1 Å². The number of rotatable bonds is 7. The summed E-state index contributed by atoms with van der Waals surface area (Å²) in [6, 6.07) is 16.5. The number of phenols is 1. The van der Waals surface area contributed by atoms with Crippen LogP contribution in [0.3, 0.4) is 0 Å². The van der Waals surface area contributed by atoms with Crippen LogP contribution in [0.15, 0.2) is 54.6 Å². The molecule has 0 bridgehead atoms. The minimum Gasteiger partial charge on any atom is -0.508 e. The van der Waals surface area contributed by atoms with Crippen LogP contribution in [0.1, 0.15) is 23.5 Å². The van der Waals surface area contributed by atoms with Crippen molar-refractivity contribution in [2.24, 2.45) is 0 Å². The summed E-state index contributed by atoms with van der Waals surface area (Å²) in [7, 11) is 0. The van der Waals surface area contributed by atoms with Crippen LogP contribution >= 0.6 is 0 Å². The third-order valence-corrected chi connectivity index (χ3v) is 3.57. The highest BCUT2D eigenvalue weighted by molar-refractivity contribution is 5.78. The molecule has 1 atom stereocenters. The van der Waals surface area contributed by atoms with E-state index in [1.807, 2.05) is 36.4 Å². The minimum absolute atomic E-state index is 0.0853. The molecule has 0 fully saturated rings. The number of carbonyl (C=O) groups excluding carboxylic acids is 1. The molecule has 22 heavy (non-hydrogen) atoms. The fourth-order valence-corrected chi connectivity index (χ4v) is 2.42. The van der Waals surface area contributed by atoms with Crippen molar-refractivity contribution in [3.8, 4) is 5.75 Å². The molecule has 0 aliphatic carbocycles. The SMILES string of the molecule is O=C(Cc1cccc(O)c1)NCC(CCO)c1ccccc1. The topological polar surface area (TPSA) is 69.6 Å². The highest BCUT2D eigenvalue weighted by Gasteiger charge is 2.12. The first kappa shape index (κ1) is 16.0. The second-order valence-electron chi connectivity index (χ2n) is 5.27. The first-order valence-corrected chi connectivity index (χ1v) is 7.39. The molecule has 0 aliphatic rings. The lowest BCUT2D eigenvalue weighted by Gasteiger charge is -2.17. The number of aliphatic hydroxyl groups excluding tert-OH is 1. The zero-order chi connectivity index (χ0) is 15.8. The number of aromatic hydroxyl groups is 1. The van der Waals surface area contributed by atoms with Gasteiger partial charge in [-0.3, -0.25) is 4.79 Å². The summed E-state index contributed by atoms with van der Waals surface area (Å²) in [5.74, 6) is 0.163. The van der Waals surface area contributed by atoms with Crippen LogP contribution in [0.4, 0.5) is 0 Å². The Hall–Kier alpha value is -2.33. The van der Waals surface area contributed by atoms with E-state index in [1.165, 1.54) is 0 Å². The summed E-state index contributed by atoms with van der Waals surface area (Å²) in [6.45, 7) is 0.574. The van der Waals surface area contributed by atoms with E-state index in [4.69, 9.17) is 0 Å². The summed E-state index contributed by atoms with van der Waals surface area (Å²) in [5.41, 5.74) is 1.88. The van der Waals surface area contributed by atoms with E-state index in [0.29, 0.717) is 13.0 Å². The molecule has 4 nitrogen and oxygen atoms in total. The smallest absolute Gasteiger partial charge is 0.224 e. The Labute approximate surface area is 130 Å². The molecule has 0 heterocycles. The van der Waals surface area contributed by atoms with Crippen LogP contribution in [0, 0.1) is 0 Å². The van der Waals surface area contributed by atoms with Gasteiger partial charge in [-0.2, -0.15) is 0 Å². The Kier molecular flexibility index (Phi) is 5.98. The van der Waals surface area contributed by atoms with Crippen molar-refractivity contribution in [2.45, 2.75) is 18.8 Å². The third-order valence-electron chi connectivity index (χ3n) is 3.57. The fraction of sp³-hybridized carbons (Fsp3) is 0.278. The first-order valence-electron chi connectivity index (χ1n) is 7.39. The highest BCUT2D eigenvalue weighted by atomic mass is 16.3. The van der Waals surface area contributed by atoms with Gasteiger partial charge in [-0.25, -0.2) is 0 Å².